The molecule has 4 heteroatoms. The van der Waals surface area contributed by atoms with Gasteiger partial charge in [-0.25, -0.2) is 0 Å². The molecule has 0 radical (unpaired) electrons. The highest BCUT2D eigenvalue weighted by Crippen LogP contribution is 2.17. The third-order valence-corrected chi connectivity index (χ3v) is 1.82. The van der Waals surface area contributed by atoms with Crippen LogP contribution in [0.1, 0.15) is 12.5 Å². The van der Waals surface area contributed by atoms with Gasteiger partial charge >= 0.3 is 0 Å². The summed E-state index contributed by atoms with van der Waals surface area (Å²) in [5.74, 6) is 0. The van der Waals surface area contributed by atoms with Crippen LogP contribution in [0.25, 0.3) is 6.08 Å². The quantitative estimate of drug-likeness (QED) is 0.775. The van der Waals surface area contributed by atoms with Gasteiger partial charge in [-0.15, -0.1) is 0 Å². The van der Waals surface area contributed by atoms with Crippen molar-refractivity contribution in [3.63, 3.8) is 0 Å². The van der Waals surface area contributed by atoms with Gasteiger partial charge in [-0.1, -0.05) is 24.3 Å². The van der Waals surface area contributed by atoms with Gasteiger partial charge in [0.1, 0.15) is 0 Å². The van der Waals surface area contributed by atoms with Gasteiger partial charge in [0.25, 0.3) is 6.47 Å². The molecular formula is C12H14N2O2. The summed E-state index contributed by atoms with van der Waals surface area (Å²) in [6.07, 6.45) is 5.68. The predicted octanol–water partition coefficient (Wildman–Crippen LogP) is 2.29. The molecule has 0 atom stereocenters. The number of nitrogens with one attached hydrogen (secondary N) is 1. The lowest BCUT2D eigenvalue weighted by molar-refractivity contribution is -0.128. The number of ether oxygens (including phenoxy) is 1. The van der Waals surface area contributed by atoms with Gasteiger partial charge in [0.2, 0.25) is 0 Å². The zero-order valence-electron chi connectivity index (χ0n) is 9.09. The van der Waals surface area contributed by atoms with Gasteiger partial charge in [-0.05, 0) is 24.6 Å². The summed E-state index contributed by atoms with van der Waals surface area (Å²) in [5, 5.41) is 3.95. The smallest absolute Gasteiger partial charge is 0.293 e. The molecule has 0 unspecified atom stereocenters. The number of anilines is 1. The summed E-state index contributed by atoms with van der Waals surface area (Å²) < 4.78 is 4.15. The normalized spacial score (nSPS) is 11.3. The number of fused-ring (bicyclic) bond motifs is 1. The molecule has 1 heterocycles. The monoisotopic (exact) mass is 218 g/mol. The van der Waals surface area contributed by atoms with E-state index in [1.807, 2.05) is 36.4 Å². The van der Waals surface area contributed by atoms with Crippen molar-refractivity contribution >= 4 is 24.5 Å². The molecule has 2 rings (SSSR count). The number of hydrogen-bond donors (Lipinski definition) is 1. The molecule has 1 aliphatic heterocycles. The van der Waals surface area contributed by atoms with Gasteiger partial charge < -0.3 is 4.74 Å². The molecule has 0 spiro atoms. The number of para-hydroxylation sites is 1. The predicted molar refractivity (Wildman–Crippen MR) is 65.3 cm³/mol. The standard InChI is InChI=1S/C9H8N2.C3H6O2/c1-2-6-9-8(4-1)5-3-7-10-11-9;1-2-5-3-4/h1-7,11H;3H,2H2,1H3. The maximum Gasteiger partial charge on any atom is 0.293 e. The van der Waals surface area contributed by atoms with E-state index in [4.69, 9.17) is 0 Å². The first-order valence-corrected chi connectivity index (χ1v) is 4.98. The zero-order chi connectivity index (χ0) is 11.6. The highest BCUT2D eigenvalue weighted by atomic mass is 16.5. The second-order valence-corrected chi connectivity index (χ2v) is 2.89. The number of hydrogen-bond acceptors (Lipinski definition) is 4. The van der Waals surface area contributed by atoms with Crippen molar-refractivity contribution in [2.75, 3.05) is 12.0 Å². The Kier molecular flexibility index (Phi) is 5.41. The van der Waals surface area contributed by atoms with E-state index in [1.165, 1.54) is 5.56 Å². The van der Waals surface area contributed by atoms with E-state index < -0.39 is 0 Å². The summed E-state index contributed by atoms with van der Waals surface area (Å²) in [4.78, 5) is 9.18. The van der Waals surface area contributed by atoms with E-state index in [9.17, 15) is 4.79 Å². The van der Waals surface area contributed by atoms with E-state index in [0.29, 0.717) is 13.1 Å². The maximum absolute atomic E-state index is 9.18. The number of hydrazone groups is 1. The lowest BCUT2D eigenvalue weighted by Crippen LogP contribution is -1.87. The van der Waals surface area contributed by atoms with Crippen LogP contribution in [0, 0.1) is 0 Å². The molecule has 1 aliphatic rings. The van der Waals surface area contributed by atoms with Crippen LogP contribution in [0.3, 0.4) is 0 Å². The number of carbonyl (C=O) groups excluding carboxylic acids is 1. The topological polar surface area (TPSA) is 50.7 Å². The van der Waals surface area contributed by atoms with Crippen LogP contribution >= 0.6 is 0 Å². The lowest BCUT2D eigenvalue weighted by atomic mass is 10.2. The van der Waals surface area contributed by atoms with Crippen molar-refractivity contribution in [1.82, 2.24) is 0 Å². The number of carbonyl (C=O) groups is 1. The molecular weight excluding hydrogens is 204 g/mol. The second-order valence-electron chi connectivity index (χ2n) is 2.89. The number of allylic oxidation sites excluding steroid dienone is 1. The first-order valence-electron chi connectivity index (χ1n) is 4.98. The fraction of sp³-hybridized carbons (Fsp3) is 0.167. The summed E-state index contributed by atoms with van der Waals surface area (Å²) in [6.45, 7) is 2.66. The molecule has 1 aromatic rings. The van der Waals surface area contributed by atoms with Gasteiger partial charge in [0.05, 0.1) is 12.3 Å². The van der Waals surface area contributed by atoms with Crippen LogP contribution in [0.4, 0.5) is 5.69 Å². The van der Waals surface area contributed by atoms with Gasteiger partial charge in [-0.3, -0.25) is 10.2 Å². The molecule has 1 N–H and O–H groups in total. The molecule has 0 aromatic heterocycles. The first kappa shape index (κ1) is 12.0. The minimum absolute atomic E-state index is 0.431. The van der Waals surface area contributed by atoms with Crippen molar-refractivity contribution in [2.45, 2.75) is 6.92 Å². The molecule has 4 nitrogen and oxygen atoms in total. The Balaban J connectivity index is 0.000000221. The SMILES string of the molecule is C1=Cc2ccccc2NN=C1.CCOC=O. The number of nitrogens with zero attached hydrogens (tertiary/aromatic N) is 1. The van der Waals surface area contributed by atoms with Crippen molar-refractivity contribution < 1.29 is 9.53 Å². The zero-order valence-corrected chi connectivity index (χ0v) is 9.09. The Labute approximate surface area is 94.6 Å². The molecule has 0 fully saturated rings. The molecule has 0 amide bonds. The number of benzene rings is 1. The van der Waals surface area contributed by atoms with Gasteiger partial charge in [0, 0.05) is 6.21 Å². The van der Waals surface area contributed by atoms with Gasteiger partial charge in [0.15, 0.2) is 0 Å². The van der Waals surface area contributed by atoms with Gasteiger partial charge in [-0.2, -0.15) is 5.10 Å². The molecule has 0 saturated carbocycles. The minimum Gasteiger partial charge on any atom is -0.468 e. The summed E-state index contributed by atoms with van der Waals surface area (Å²) in [5.41, 5.74) is 5.16. The summed E-state index contributed by atoms with van der Waals surface area (Å²) in [6, 6.07) is 8.05. The number of rotatable bonds is 2. The largest absolute Gasteiger partial charge is 0.468 e. The first-order chi connectivity index (χ1) is 7.88. The summed E-state index contributed by atoms with van der Waals surface area (Å²) in [7, 11) is 0. The molecule has 0 saturated heterocycles. The lowest BCUT2D eigenvalue weighted by Gasteiger charge is -2.00. The van der Waals surface area contributed by atoms with E-state index in [-0.39, 0.29) is 0 Å². The third-order valence-electron chi connectivity index (χ3n) is 1.82. The molecule has 1 aromatic carbocycles. The average molecular weight is 218 g/mol. The fourth-order valence-corrected chi connectivity index (χ4v) is 1.11. The van der Waals surface area contributed by atoms with Crippen LogP contribution in [-0.2, 0) is 9.53 Å². The van der Waals surface area contributed by atoms with Crippen LogP contribution in [0.15, 0.2) is 35.4 Å². The Morgan fingerprint density at radius 3 is 2.94 bits per heavy atom. The van der Waals surface area contributed by atoms with E-state index >= 15 is 0 Å². The van der Waals surface area contributed by atoms with E-state index in [2.05, 4.69) is 15.3 Å². The van der Waals surface area contributed by atoms with Crippen molar-refractivity contribution in [2.24, 2.45) is 5.10 Å². The van der Waals surface area contributed by atoms with Crippen LogP contribution in [-0.4, -0.2) is 19.3 Å². The molecule has 16 heavy (non-hydrogen) atoms. The van der Waals surface area contributed by atoms with E-state index in [0.717, 1.165) is 5.69 Å². The third kappa shape index (κ3) is 3.96. The Hall–Kier alpha value is -2.10. The fourth-order valence-electron chi connectivity index (χ4n) is 1.11. The molecule has 84 valence electrons. The highest BCUT2D eigenvalue weighted by Gasteiger charge is 1.96. The van der Waals surface area contributed by atoms with Crippen molar-refractivity contribution in [1.29, 1.82) is 0 Å². The summed E-state index contributed by atoms with van der Waals surface area (Å²) >= 11 is 0. The van der Waals surface area contributed by atoms with Crippen LogP contribution in [0.5, 0.6) is 0 Å². The Bertz CT molecular complexity index is 386. The Morgan fingerprint density at radius 1 is 1.44 bits per heavy atom. The highest BCUT2D eigenvalue weighted by molar-refractivity contribution is 5.83. The maximum atomic E-state index is 9.18. The second kappa shape index (κ2) is 7.23. The van der Waals surface area contributed by atoms with Crippen LogP contribution in [0.2, 0.25) is 0 Å². The Morgan fingerprint density at radius 2 is 2.25 bits per heavy atom. The molecule has 0 bridgehead atoms. The van der Waals surface area contributed by atoms with Crippen molar-refractivity contribution in [3.8, 4) is 0 Å². The van der Waals surface area contributed by atoms with Crippen LogP contribution < -0.4 is 5.43 Å². The minimum atomic E-state index is 0.431. The van der Waals surface area contributed by atoms with Crippen molar-refractivity contribution in [3.05, 3.63) is 35.9 Å². The average Bonchev–Trinajstić information content (AvgIpc) is 2.56. The van der Waals surface area contributed by atoms with E-state index in [1.54, 1.807) is 13.1 Å². The molecule has 0 aliphatic carbocycles.